The summed E-state index contributed by atoms with van der Waals surface area (Å²) in [7, 11) is 0. The van der Waals surface area contributed by atoms with Crippen molar-refractivity contribution in [2.75, 3.05) is 19.6 Å². The Morgan fingerprint density at radius 3 is 2.79 bits per heavy atom. The number of hydrogen-bond donors (Lipinski definition) is 2. The lowest BCUT2D eigenvalue weighted by atomic mass is 9.95. The fourth-order valence-electron chi connectivity index (χ4n) is 2.69. The molecule has 114 valence electrons. The minimum Gasteiger partial charge on any atom is -0.356 e. The molecule has 1 amide bonds. The summed E-state index contributed by atoms with van der Waals surface area (Å²) in [5.41, 5.74) is 0. The van der Waals surface area contributed by atoms with Gasteiger partial charge in [0.15, 0.2) is 0 Å². The van der Waals surface area contributed by atoms with Crippen LogP contribution in [0.25, 0.3) is 0 Å². The van der Waals surface area contributed by atoms with Gasteiger partial charge < -0.3 is 10.6 Å². The zero-order chi connectivity index (χ0) is 13.2. The summed E-state index contributed by atoms with van der Waals surface area (Å²) in [5, 5.41) is 6.55. The molecule has 19 heavy (non-hydrogen) atoms. The van der Waals surface area contributed by atoms with Crippen molar-refractivity contribution in [3.63, 3.8) is 0 Å². The van der Waals surface area contributed by atoms with Crippen molar-refractivity contribution < 1.29 is 4.79 Å². The monoisotopic (exact) mass is 290 g/mol. The van der Waals surface area contributed by atoms with E-state index in [1.54, 1.807) is 0 Å². The van der Waals surface area contributed by atoms with E-state index in [9.17, 15) is 4.79 Å². The van der Waals surface area contributed by atoms with Crippen molar-refractivity contribution in [1.82, 2.24) is 10.6 Å². The third-order valence-electron chi connectivity index (χ3n) is 4.02. The van der Waals surface area contributed by atoms with Gasteiger partial charge in [0, 0.05) is 12.5 Å². The number of carbonyl (C=O) groups excluding carboxylic acids is 1. The van der Waals surface area contributed by atoms with Gasteiger partial charge in [0.1, 0.15) is 0 Å². The van der Waals surface area contributed by atoms with Gasteiger partial charge in [0.25, 0.3) is 0 Å². The summed E-state index contributed by atoms with van der Waals surface area (Å²) in [5.74, 6) is 1.26. The van der Waals surface area contributed by atoms with Gasteiger partial charge in [-0.15, -0.1) is 12.4 Å². The average molecular weight is 291 g/mol. The summed E-state index contributed by atoms with van der Waals surface area (Å²) in [6, 6.07) is 0. The van der Waals surface area contributed by atoms with E-state index in [0.717, 1.165) is 44.8 Å². The summed E-state index contributed by atoms with van der Waals surface area (Å²) < 4.78 is 0. The Bertz CT molecular complexity index is 230. The average Bonchev–Trinajstić information content (AvgIpc) is 2.41. The van der Waals surface area contributed by atoms with Crippen LogP contribution in [0.3, 0.4) is 0 Å². The van der Waals surface area contributed by atoms with E-state index < -0.39 is 0 Å². The lowest BCUT2D eigenvalue weighted by Gasteiger charge is -2.23. The molecule has 3 nitrogen and oxygen atoms in total. The predicted octanol–water partition coefficient (Wildman–Crippen LogP) is 3.13. The number of piperidine rings is 1. The molecule has 4 heteroatoms. The van der Waals surface area contributed by atoms with Crippen molar-refractivity contribution >= 4 is 18.3 Å². The van der Waals surface area contributed by atoms with Gasteiger partial charge in [0.2, 0.25) is 5.91 Å². The maximum absolute atomic E-state index is 12.0. The van der Waals surface area contributed by atoms with Gasteiger partial charge in [-0.05, 0) is 51.1 Å². The SMILES string of the molecule is CCCCC(CC)C(=O)NCCC1CCCNC1.Cl. The molecular weight excluding hydrogens is 260 g/mol. The third-order valence-corrected chi connectivity index (χ3v) is 4.02. The molecule has 1 rings (SSSR count). The van der Waals surface area contributed by atoms with E-state index in [2.05, 4.69) is 24.5 Å². The van der Waals surface area contributed by atoms with Gasteiger partial charge >= 0.3 is 0 Å². The van der Waals surface area contributed by atoms with Crippen LogP contribution in [0, 0.1) is 11.8 Å². The number of unbranched alkanes of at least 4 members (excludes halogenated alkanes) is 1. The van der Waals surface area contributed by atoms with Crippen LogP contribution in [0.15, 0.2) is 0 Å². The highest BCUT2D eigenvalue weighted by atomic mass is 35.5. The molecule has 0 aromatic heterocycles. The number of halogens is 1. The first-order valence-electron chi connectivity index (χ1n) is 7.76. The van der Waals surface area contributed by atoms with Crippen LogP contribution in [0.4, 0.5) is 0 Å². The summed E-state index contributed by atoms with van der Waals surface area (Å²) in [4.78, 5) is 12.0. The molecule has 0 radical (unpaired) electrons. The molecular formula is C15H31ClN2O. The molecule has 1 fully saturated rings. The molecule has 2 N–H and O–H groups in total. The van der Waals surface area contributed by atoms with E-state index in [1.165, 1.54) is 25.7 Å². The first-order chi connectivity index (χ1) is 8.77. The fourth-order valence-corrected chi connectivity index (χ4v) is 2.69. The second kappa shape index (κ2) is 11.5. The van der Waals surface area contributed by atoms with Gasteiger partial charge in [-0.3, -0.25) is 4.79 Å². The van der Waals surface area contributed by atoms with E-state index >= 15 is 0 Å². The molecule has 2 unspecified atom stereocenters. The number of amides is 1. The van der Waals surface area contributed by atoms with Gasteiger partial charge in [-0.25, -0.2) is 0 Å². The maximum atomic E-state index is 12.0. The van der Waals surface area contributed by atoms with Crippen molar-refractivity contribution in [2.24, 2.45) is 11.8 Å². The molecule has 0 spiro atoms. The topological polar surface area (TPSA) is 41.1 Å². The van der Waals surface area contributed by atoms with Crippen molar-refractivity contribution in [3.8, 4) is 0 Å². The third kappa shape index (κ3) is 7.78. The Labute approximate surface area is 124 Å². The zero-order valence-electron chi connectivity index (χ0n) is 12.5. The van der Waals surface area contributed by atoms with E-state index in [4.69, 9.17) is 0 Å². The summed E-state index contributed by atoms with van der Waals surface area (Å²) in [6.45, 7) is 7.44. The van der Waals surface area contributed by atoms with Crippen LogP contribution < -0.4 is 10.6 Å². The highest BCUT2D eigenvalue weighted by Crippen LogP contribution is 2.14. The molecule has 0 aromatic carbocycles. The Balaban J connectivity index is 0.00000324. The van der Waals surface area contributed by atoms with Crippen molar-refractivity contribution in [1.29, 1.82) is 0 Å². The summed E-state index contributed by atoms with van der Waals surface area (Å²) in [6.07, 6.45) is 8.09. The van der Waals surface area contributed by atoms with E-state index in [0.29, 0.717) is 0 Å². The molecule has 0 aliphatic carbocycles. The fraction of sp³-hybridized carbons (Fsp3) is 0.933. The number of nitrogens with one attached hydrogen (secondary N) is 2. The first kappa shape index (κ1) is 18.7. The Morgan fingerprint density at radius 2 is 2.21 bits per heavy atom. The van der Waals surface area contributed by atoms with Crippen LogP contribution in [0.5, 0.6) is 0 Å². The van der Waals surface area contributed by atoms with Crippen LogP contribution in [0.1, 0.15) is 58.8 Å². The molecule has 0 aromatic rings. The minimum atomic E-state index is 0. The number of hydrogen-bond acceptors (Lipinski definition) is 2. The molecule has 0 bridgehead atoms. The smallest absolute Gasteiger partial charge is 0.223 e. The molecule has 1 aliphatic heterocycles. The van der Waals surface area contributed by atoms with E-state index in [-0.39, 0.29) is 24.2 Å². The lowest BCUT2D eigenvalue weighted by Crippen LogP contribution is -2.35. The highest BCUT2D eigenvalue weighted by Gasteiger charge is 2.16. The normalized spacial score (nSPS) is 20.4. The minimum absolute atomic E-state index is 0. The number of carbonyl (C=O) groups is 1. The Hall–Kier alpha value is -0.280. The second-order valence-electron chi connectivity index (χ2n) is 5.54. The lowest BCUT2D eigenvalue weighted by molar-refractivity contribution is -0.125. The van der Waals surface area contributed by atoms with Crippen molar-refractivity contribution in [2.45, 2.75) is 58.8 Å². The van der Waals surface area contributed by atoms with E-state index in [1.807, 2.05) is 0 Å². The largest absolute Gasteiger partial charge is 0.356 e. The van der Waals surface area contributed by atoms with Crippen LogP contribution in [-0.4, -0.2) is 25.5 Å². The quantitative estimate of drug-likeness (QED) is 0.721. The number of rotatable bonds is 8. The van der Waals surface area contributed by atoms with Gasteiger partial charge in [-0.1, -0.05) is 26.7 Å². The molecule has 0 saturated carbocycles. The molecule has 2 atom stereocenters. The highest BCUT2D eigenvalue weighted by molar-refractivity contribution is 5.85. The van der Waals surface area contributed by atoms with Gasteiger partial charge in [0.05, 0.1) is 0 Å². The van der Waals surface area contributed by atoms with Crippen LogP contribution in [-0.2, 0) is 4.79 Å². The first-order valence-corrected chi connectivity index (χ1v) is 7.76. The maximum Gasteiger partial charge on any atom is 0.223 e. The second-order valence-corrected chi connectivity index (χ2v) is 5.54. The summed E-state index contributed by atoms with van der Waals surface area (Å²) >= 11 is 0. The zero-order valence-corrected chi connectivity index (χ0v) is 13.4. The van der Waals surface area contributed by atoms with Crippen LogP contribution >= 0.6 is 12.4 Å². The van der Waals surface area contributed by atoms with Crippen molar-refractivity contribution in [3.05, 3.63) is 0 Å². The Kier molecular flexibility index (Phi) is 11.4. The molecule has 1 heterocycles. The van der Waals surface area contributed by atoms with Gasteiger partial charge in [-0.2, -0.15) is 0 Å². The molecule has 1 aliphatic rings. The Morgan fingerprint density at radius 1 is 1.42 bits per heavy atom. The standard InChI is InChI=1S/C15H30N2O.ClH/c1-3-5-8-14(4-2)15(18)17-11-9-13-7-6-10-16-12-13;/h13-14,16H,3-12H2,1-2H3,(H,17,18);1H. The predicted molar refractivity (Wildman–Crippen MR) is 83.8 cm³/mol. The molecule has 1 saturated heterocycles. The van der Waals surface area contributed by atoms with Crippen LogP contribution in [0.2, 0.25) is 0 Å².